The number of hydrogen-bond donors (Lipinski definition) is 1. The van der Waals surface area contributed by atoms with Crippen LogP contribution in [0.1, 0.15) is 31.4 Å². The Hall–Kier alpha value is -0.180. The van der Waals surface area contributed by atoms with E-state index in [-0.39, 0.29) is 0 Å². The highest BCUT2D eigenvalue weighted by atomic mass is 35.5. The summed E-state index contributed by atoms with van der Waals surface area (Å²) in [7, 11) is 0. The molecular weight excluding hydrogens is 238 g/mol. The SMILES string of the molecule is CC(NC1CCCSC1)c1cccc(Cl)c1. The summed E-state index contributed by atoms with van der Waals surface area (Å²) in [6, 6.07) is 9.18. The Kier molecular flexibility index (Phi) is 4.56. The molecule has 0 aromatic heterocycles. The molecule has 1 saturated heterocycles. The lowest BCUT2D eigenvalue weighted by Gasteiger charge is -2.26. The molecule has 1 heterocycles. The van der Waals surface area contributed by atoms with Crippen molar-refractivity contribution in [2.75, 3.05) is 11.5 Å². The van der Waals surface area contributed by atoms with Gasteiger partial charge in [0.1, 0.15) is 0 Å². The van der Waals surface area contributed by atoms with Crippen LogP contribution >= 0.6 is 23.4 Å². The molecule has 3 heteroatoms. The summed E-state index contributed by atoms with van der Waals surface area (Å²) in [5.74, 6) is 2.56. The third-order valence-corrected chi connectivity index (χ3v) is 4.45. The molecule has 1 aliphatic rings. The molecule has 0 bridgehead atoms. The minimum Gasteiger partial charge on any atom is -0.307 e. The Morgan fingerprint density at radius 1 is 1.50 bits per heavy atom. The van der Waals surface area contributed by atoms with Gasteiger partial charge in [-0.1, -0.05) is 23.7 Å². The number of rotatable bonds is 3. The van der Waals surface area contributed by atoms with Crippen molar-refractivity contribution in [3.05, 3.63) is 34.9 Å². The van der Waals surface area contributed by atoms with Crippen LogP contribution in [-0.4, -0.2) is 17.5 Å². The Balaban J connectivity index is 1.94. The lowest BCUT2D eigenvalue weighted by atomic mass is 10.1. The number of halogens is 1. The van der Waals surface area contributed by atoms with E-state index in [0.29, 0.717) is 12.1 Å². The first-order valence-corrected chi connectivity index (χ1v) is 7.38. The van der Waals surface area contributed by atoms with Gasteiger partial charge in [-0.15, -0.1) is 0 Å². The van der Waals surface area contributed by atoms with Crippen molar-refractivity contribution in [1.82, 2.24) is 5.32 Å². The van der Waals surface area contributed by atoms with E-state index in [0.717, 1.165) is 5.02 Å². The Labute approximate surface area is 107 Å². The second-order valence-corrected chi connectivity index (χ2v) is 5.94. The van der Waals surface area contributed by atoms with Crippen LogP contribution in [0.4, 0.5) is 0 Å². The van der Waals surface area contributed by atoms with Crippen LogP contribution in [0.5, 0.6) is 0 Å². The topological polar surface area (TPSA) is 12.0 Å². The Bertz CT molecular complexity index is 336. The van der Waals surface area contributed by atoms with Gasteiger partial charge >= 0.3 is 0 Å². The molecule has 2 unspecified atom stereocenters. The third kappa shape index (κ3) is 3.41. The van der Waals surface area contributed by atoms with Crippen molar-refractivity contribution in [3.63, 3.8) is 0 Å². The van der Waals surface area contributed by atoms with Crippen LogP contribution in [-0.2, 0) is 0 Å². The highest BCUT2D eigenvalue weighted by molar-refractivity contribution is 7.99. The number of benzene rings is 1. The largest absolute Gasteiger partial charge is 0.307 e. The van der Waals surface area contributed by atoms with Gasteiger partial charge in [0.15, 0.2) is 0 Å². The molecule has 0 aliphatic carbocycles. The van der Waals surface area contributed by atoms with Gasteiger partial charge in [-0.3, -0.25) is 0 Å². The number of nitrogens with one attached hydrogen (secondary N) is 1. The quantitative estimate of drug-likeness (QED) is 0.880. The Morgan fingerprint density at radius 3 is 3.06 bits per heavy atom. The normalized spacial score (nSPS) is 23.0. The van der Waals surface area contributed by atoms with Crippen molar-refractivity contribution in [2.45, 2.75) is 31.8 Å². The van der Waals surface area contributed by atoms with Crippen LogP contribution in [0.2, 0.25) is 5.02 Å². The lowest BCUT2D eigenvalue weighted by Crippen LogP contribution is -2.35. The minimum absolute atomic E-state index is 0.391. The van der Waals surface area contributed by atoms with E-state index < -0.39 is 0 Å². The van der Waals surface area contributed by atoms with Gasteiger partial charge in [0.05, 0.1) is 0 Å². The van der Waals surface area contributed by atoms with Crippen LogP contribution in [0, 0.1) is 0 Å². The highest BCUT2D eigenvalue weighted by Crippen LogP contribution is 2.22. The molecule has 1 aromatic carbocycles. The van der Waals surface area contributed by atoms with E-state index in [4.69, 9.17) is 11.6 Å². The molecule has 88 valence electrons. The van der Waals surface area contributed by atoms with Gasteiger partial charge in [-0.05, 0) is 43.2 Å². The molecule has 1 fully saturated rings. The fraction of sp³-hybridized carbons (Fsp3) is 0.538. The first-order valence-electron chi connectivity index (χ1n) is 5.85. The zero-order valence-electron chi connectivity index (χ0n) is 9.58. The minimum atomic E-state index is 0.391. The molecule has 1 aromatic rings. The van der Waals surface area contributed by atoms with Crippen LogP contribution < -0.4 is 5.32 Å². The molecule has 0 spiro atoms. The van der Waals surface area contributed by atoms with Gasteiger partial charge in [0.2, 0.25) is 0 Å². The first-order chi connectivity index (χ1) is 7.75. The van der Waals surface area contributed by atoms with Crippen molar-refractivity contribution < 1.29 is 0 Å². The maximum absolute atomic E-state index is 6.00. The van der Waals surface area contributed by atoms with E-state index in [9.17, 15) is 0 Å². The van der Waals surface area contributed by atoms with Gasteiger partial charge in [-0.25, -0.2) is 0 Å². The van der Waals surface area contributed by atoms with Gasteiger partial charge in [0, 0.05) is 22.9 Å². The summed E-state index contributed by atoms with van der Waals surface area (Å²) < 4.78 is 0. The smallest absolute Gasteiger partial charge is 0.0409 e. The molecule has 16 heavy (non-hydrogen) atoms. The van der Waals surface area contributed by atoms with E-state index >= 15 is 0 Å². The first kappa shape index (κ1) is 12.3. The summed E-state index contributed by atoms with van der Waals surface area (Å²) in [5.41, 5.74) is 1.28. The van der Waals surface area contributed by atoms with E-state index in [2.05, 4.69) is 36.1 Å². The second kappa shape index (κ2) is 5.95. The number of thioether (sulfide) groups is 1. The van der Waals surface area contributed by atoms with Crippen molar-refractivity contribution in [3.8, 4) is 0 Å². The molecule has 1 N–H and O–H groups in total. The third-order valence-electron chi connectivity index (χ3n) is 2.99. The molecular formula is C13H18ClNS. The summed E-state index contributed by atoms with van der Waals surface area (Å²) in [5, 5.41) is 4.51. The predicted octanol–water partition coefficient (Wildman–Crippen LogP) is 3.89. The molecule has 0 amide bonds. The summed E-state index contributed by atoms with van der Waals surface area (Å²) in [4.78, 5) is 0. The van der Waals surface area contributed by atoms with Crippen molar-refractivity contribution in [1.29, 1.82) is 0 Å². The average Bonchev–Trinajstić information content (AvgIpc) is 2.30. The average molecular weight is 256 g/mol. The predicted molar refractivity (Wildman–Crippen MR) is 73.3 cm³/mol. The van der Waals surface area contributed by atoms with E-state index in [1.54, 1.807) is 0 Å². The maximum Gasteiger partial charge on any atom is 0.0409 e. The lowest BCUT2D eigenvalue weighted by molar-refractivity contribution is 0.453. The van der Waals surface area contributed by atoms with Gasteiger partial charge < -0.3 is 5.32 Å². The van der Waals surface area contributed by atoms with Crippen LogP contribution in [0.15, 0.2) is 24.3 Å². The zero-order chi connectivity index (χ0) is 11.4. The summed E-state index contributed by atoms with van der Waals surface area (Å²) in [6.07, 6.45) is 2.64. The summed E-state index contributed by atoms with van der Waals surface area (Å²) >= 11 is 8.05. The monoisotopic (exact) mass is 255 g/mol. The fourth-order valence-corrected chi connectivity index (χ4v) is 3.38. The maximum atomic E-state index is 6.00. The molecule has 0 saturated carbocycles. The van der Waals surface area contributed by atoms with Gasteiger partial charge in [0.25, 0.3) is 0 Å². The molecule has 1 nitrogen and oxygen atoms in total. The molecule has 2 rings (SSSR count). The highest BCUT2D eigenvalue weighted by Gasteiger charge is 2.16. The second-order valence-electron chi connectivity index (χ2n) is 4.36. The molecule has 1 aliphatic heterocycles. The number of hydrogen-bond acceptors (Lipinski definition) is 2. The van der Waals surface area contributed by atoms with E-state index in [1.807, 2.05) is 12.1 Å². The summed E-state index contributed by atoms with van der Waals surface area (Å²) in [6.45, 7) is 2.21. The fourth-order valence-electron chi connectivity index (χ4n) is 2.10. The Morgan fingerprint density at radius 2 is 2.38 bits per heavy atom. The van der Waals surface area contributed by atoms with Crippen LogP contribution in [0.25, 0.3) is 0 Å². The van der Waals surface area contributed by atoms with Crippen molar-refractivity contribution >= 4 is 23.4 Å². The standard InChI is InChI=1S/C13H18ClNS/c1-10(11-4-2-5-12(14)8-11)15-13-6-3-7-16-9-13/h2,4-5,8,10,13,15H,3,6-7,9H2,1H3. The van der Waals surface area contributed by atoms with E-state index in [1.165, 1.54) is 29.9 Å². The molecule has 0 radical (unpaired) electrons. The van der Waals surface area contributed by atoms with Crippen molar-refractivity contribution in [2.24, 2.45) is 0 Å². The van der Waals surface area contributed by atoms with Gasteiger partial charge in [-0.2, -0.15) is 11.8 Å². The molecule has 2 atom stereocenters. The zero-order valence-corrected chi connectivity index (χ0v) is 11.2. The van der Waals surface area contributed by atoms with Crippen LogP contribution in [0.3, 0.4) is 0 Å².